The average molecular weight is 293 g/mol. The minimum Gasteiger partial charge on any atom is -0.327 e. The monoisotopic (exact) mass is 292 g/mol. The average Bonchev–Trinajstić information content (AvgIpc) is 2.61. The summed E-state index contributed by atoms with van der Waals surface area (Å²) in [5, 5.41) is 4.19. The summed E-state index contributed by atoms with van der Waals surface area (Å²) < 4.78 is 2.30. The number of rotatable bonds is 3. The Balaban J connectivity index is 1.89. The van der Waals surface area contributed by atoms with Gasteiger partial charge >= 0.3 is 0 Å². The normalized spacial score (nSPS) is 17.5. The predicted octanol–water partition coefficient (Wildman–Crippen LogP) is 2.50. The molecule has 1 fully saturated rings. The zero-order valence-corrected chi connectivity index (χ0v) is 12.7. The molecule has 0 saturated carbocycles. The molecule has 1 aromatic heterocycles. The Bertz CT molecular complexity index is 585. The van der Waals surface area contributed by atoms with E-state index in [-0.39, 0.29) is 0 Å². The van der Waals surface area contributed by atoms with Crippen LogP contribution in [0.1, 0.15) is 19.2 Å². The number of nitrogens with zero attached hydrogens (tertiary/aromatic N) is 3. The highest BCUT2D eigenvalue weighted by atomic mass is 35.5. The molecule has 1 aromatic carbocycles. The highest BCUT2D eigenvalue weighted by molar-refractivity contribution is 6.31. The largest absolute Gasteiger partial charge is 0.327 e. The molecule has 1 N–H and O–H groups in total. The van der Waals surface area contributed by atoms with Gasteiger partial charge in [0.05, 0.1) is 17.6 Å². The molecule has 0 atom stereocenters. The standard InChI is InChI=1S/C15H21ClN4/c1-2-20-14-5-4-12(16)10-13(14)18-15(20)11-19-8-3-6-17-7-9-19/h4-5,10,17H,2-3,6-9,11H2,1H3. The van der Waals surface area contributed by atoms with Crippen LogP contribution in [0.5, 0.6) is 0 Å². The molecule has 108 valence electrons. The molecule has 1 aliphatic heterocycles. The van der Waals surface area contributed by atoms with Crippen molar-refractivity contribution in [2.45, 2.75) is 26.4 Å². The smallest absolute Gasteiger partial charge is 0.124 e. The van der Waals surface area contributed by atoms with Gasteiger partial charge in [0.15, 0.2) is 0 Å². The number of imidazole rings is 1. The van der Waals surface area contributed by atoms with Gasteiger partial charge in [0.25, 0.3) is 0 Å². The molecule has 0 bridgehead atoms. The van der Waals surface area contributed by atoms with Gasteiger partial charge in [-0.05, 0) is 44.6 Å². The fourth-order valence-electron chi connectivity index (χ4n) is 2.89. The molecule has 0 radical (unpaired) electrons. The molecule has 2 heterocycles. The van der Waals surface area contributed by atoms with Crippen molar-refractivity contribution in [2.24, 2.45) is 0 Å². The summed E-state index contributed by atoms with van der Waals surface area (Å²) >= 11 is 6.07. The lowest BCUT2D eigenvalue weighted by Crippen LogP contribution is -2.29. The molecule has 1 aliphatic rings. The number of benzene rings is 1. The van der Waals surface area contributed by atoms with Crippen molar-refractivity contribution in [3.8, 4) is 0 Å². The maximum absolute atomic E-state index is 6.07. The Labute approximate surface area is 124 Å². The first-order valence-corrected chi connectivity index (χ1v) is 7.73. The third-order valence-electron chi connectivity index (χ3n) is 3.90. The topological polar surface area (TPSA) is 33.1 Å². The van der Waals surface area contributed by atoms with Crippen LogP contribution < -0.4 is 5.32 Å². The van der Waals surface area contributed by atoms with Crippen molar-refractivity contribution < 1.29 is 0 Å². The quantitative estimate of drug-likeness (QED) is 0.944. The lowest BCUT2D eigenvalue weighted by Gasteiger charge is -2.19. The van der Waals surface area contributed by atoms with Crippen molar-refractivity contribution >= 4 is 22.6 Å². The summed E-state index contributed by atoms with van der Waals surface area (Å²) in [6.45, 7) is 8.45. The van der Waals surface area contributed by atoms with E-state index >= 15 is 0 Å². The maximum atomic E-state index is 6.07. The van der Waals surface area contributed by atoms with E-state index in [4.69, 9.17) is 16.6 Å². The number of halogens is 1. The second-order valence-corrected chi connectivity index (χ2v) is 5.72. The lowest BCUT2D eigenvalue weighted by molar-refractivity contribution is 0.274. The Morgan fingerprint density at radius 2 is 2.20 bits per heavy atom. The molecule has 0 unspecified atom stereocenters. The van der Waals surface area contributed by atoms with E-state index in [1.807, 2.05) is 12.1 Å². The van der Waals surface area contributed by atoms with E-state index in [0.29, 0.717) is 0 Å². The summed E-state index contributed by atoms with van der Waals surface area (Å²) in [5.41, 5.74) is 2.18. The molecule has 5 heteroatoms. The van der Waals surface area contributed by atoms with Gasteiger partial charge in [-0.25, -0.2) is 4.98 Å². The SMILES string of the molecule is CCn1c(CN2CCCNCC2)nc2cc(Cl)ccc21. The first-order chi connectivity index (χ1) is 9.78. The predicted molar refractivity (Wildman–Crippen MR) is 83.2 cm³/mol. The third kappa shape index (κ3) is 2.82. The van der Waals surface area contributed by atoms with Gasteiger partial charge in [0, 0.05) is 24.7 Å². The molecule has 1 saturated heterocycles. The van der Waals surface area contributed by atoms with E-state index in [2.05, 4.69) is 27.8 Å². The summed E-state index contributed by atoms with van der Waals surface area (Å²) in [7, 11) is 0. The highest BCUT2D eigenvalue weighted by Gasteiger charge is 2.15. The molecular weight excluding hydrogens is 272 g/mol. The van der Waals surface area contributed by atoms with Crippen LogP contribution in [-0.2, 0) is 13.1 Å². The van der Waals surface area contributed by atoms with E-state index < -0.39 is 0 Å². The van der Waals surface area contributed by atoms with Gasteiger partial charge in [-0.1, -0.05) is 11.6 Å². The molecule has 3 rings (SSSR count). The summed E-state index contributed by atoms with van der Waals surface area (Å²) in [5.74, 6) is 1.15. The van der Waals surface area contributed by atoms with Gasteiger partial charge in [0.1, 0.15) is 5.82 Å². The van der Waals surface area contributed by atoms with Gasteiger partial charge in [-0.3, -0.25) is 4.90 Å². The fraction of sp³-hybridized carbons (Fsp3) is 0.533. The van der Waals surface area contributed by atoms with Crippen LogP contribution in [0.25, 0.3) is 11.0 Å². The maximum Gasteiger partial charge on any atom is 0.124 e. The summed E-state index contributed by atoms with van der Waals surface area (Å²) in [6.07, 6.45) is 1.21. The van der Waals surface area contributed by atoms with E-state index in [1.165, 1.54) is 11.9 Å². The van der Waals surface area contributed by atoms with Crippen LogP contribution in [-0.4, -0.2) is 40.6 Å². The molecule has 0 spiro atoms. The number of hydrogen-bond acceptors (Lipinski definition) is 3. The minimum absolute atomic E-state index is 0.753. The lowest BCUT2D eigenvalue weighted by atomic mass is 10.3. The van der Waals surface area contributed by atoms with Gasteiger partial charge in [0.2, 0.25) is 0 Å². The summed E-state index contributed by atoms with van der Waals surface area (Å²) in [4.78, 5) is 7.27. The Morgan fingerprint density at radius 3 is 3.05 bits per heavy atom. The number of fused-ring (bicyclic) bond motifs is 1. The van der Waals surface area contributed by atoms with Crippen LogP contribution in [0.2, 0.25) is 5.02 Å². The van der Waals surface area contributed by atoms with Crippen molar-refractivity contribution in [1.82, 2.24) is 19.8 Å². The van der Waals surface area contributed by atoms with E-state index in [1.54, 1.807) is 0 Å². The first-order valence-electron chi connectivity index (χ1n) is 7.35. The molecule has 2 aromatic rings. The molecule has 4 nitrogen and oxygen atoms in total. The second-order valence-electron chi connectivity index (χ2n) is 5.29. The van der Waals surface area contributed by atoms with Gasteiger partial charge in [-0.2, -0.15) is 0 Å². The molecular formula is C15H21ClN4. The first kappa shape index (κ1) is 13.9. The van der Waals surface area contributed by atoms with Gasteiger partial charge in [-0.15, -0.1) is 0 Å². The highest BCUT2D eigenvalue weighted by Crippen LogP contribution is 2.21. The number of nitrogens with one attached hydrogen (secondary N) is 1. The van der Waals surface area contributed by atoms with E-state index in [0.717, 1.165) is 55.6 Å². The van der Waals surface area contributed by atoms with Crippen molar-refractivity contribution in [2.75, 3.05) is 26.2 Å². The second kappa shape index (κ2) is 6.12. The van der Waals surface area contributed by atoms with Crippen LogP contribution in [0.4, 0.5) is 0 Å². The molecule has 0 aliphatic carbocycles. The zero-order chi connectivity index (χ0) is 13.9. The minimum atomic E-state index is 0.753. The van der Waals surface area contributed by atoms with Gasteiger partial charge < -0.3 is 9.88 Å². The molecule has 20 heavy (non-hydrogen) atoms. The van der Waals surface area contributed by atoms with Crippen LogP contribution in [0.15, 0.2) is 18.2 Å². The van der Waals surface area contributed by atoms with Crippen molar-refractivity contribution in [1.29, 1.82) is 0 Å². The Morgan fingerprint density at radius 1 is 1.30 bits per heavy atom. The van der Waals surface area contributed by atoms with E-state index in [9.17, 15) is 0 Å². The van der Waals surface area contributed by atoms with Crippen molar-refractivity contribution in [3.63, 3.8) is 0 Å². The van der Waals surface area contributed by atoms with Crippen molar-refractivity contribution in [3.05, 3.63) is 29.0 Å². The van der Waals surface area contributed by atoms with Crippen LogP contribution >= 0.6 is 11.6 Å². The van der Waals surface area contributed by atoms with Crippen LogP contribution in [0.3, 0.4) is 0 Å². The Kier molecular flexibility index (Phi) is 4.24. The number of aromatic nitrogens is 2. The third-order valence-corrected chi connectivity index (χ3v) is 4.14. The summed E-state index contributed by atoms with van der Waals surface area (Å²) in [6, 6.07) is 5.97. The zero-order valence-electron chi connectivity index (χ0n) is 11.9. The number of aryl methyl sites for hydroxylation is 1. The Hall–Kier alpha value is -1.10. The van der Waals surface area contributed by atoms with Crippen LogP contribution in [0, 0.1) is 0 Å². The molecule has 0 amide bonds. The fourth-order valence-corrected chi connectivity index (χ4v) is 3.05. The number of hydrogen-bond donors (Lipinski definition) is 1.